The Morgan fingerprint density at radius 3 is 1.96 bits per heavy atom. The molecule has 3 aliphatic rings. The Balaban J connectivity index is 1.12. The molecule has 0 amide bonds. The van der Waals surface area contributed by atoms with Gasteiger partial charge in [0.1, 0.15) is 0 Å². The van der Waals surface area contributed by atoms with Gasteiger partial charge in [-0.05, 0) is 57.1 Å². The minimum absolute atomic E-state index is 0.00962. The lowest BCUT2D eigenvalue weighted by atomic mass is 9.67. The summed E-state index contributed by atoms with van der Waals surface area (Å²) in [4.78, 5) is 18.4. The Labute approximate surface area is 334 Å². The van der Waals surface area contributed by atoms with Crippen molar-refractivity contribution in [2.24, 2.45) is 0 Å². The van der Waals surface area contributed by atoms with Crippen molar-refractivity contribution in [3.8, 4) is 33.9 Å². The standard InChI is InChI=1S/C52H34N4S/c1-4-17-33(18-5-1)49-53-50(40-27-16-26-39-38-25-12-15-30-47(38)57-48(39)40)55-51(54-49)56-45-29-14-11-24-37(45)42-31-44-41(32-46(42)56)36-23-10-13-28-43(36)52(44,34-19-6-2-7-20-34)35-21-8-3-9-22-35/h1-32,37,45H. The van der Waals surface area contributed by atoms with E-state index in [4.69, 9.17) is 15.0 Å². The highest BCUT2D eigenvalue weighted by Crippen LogP contribution is 2.60. The molecule has 2 atom stereocenters. The van der Waals surface area contributed by atoms with Gasteiger partial charge >= 0.3 is 0 Å². The number of aromatic nitrogens is 3. The van der Waals surface area contributed by atoms with Gasteiger partial charge in [0.15, 0.2) is 11.6 Å². The van der Waals surface area contributed by atoms with Crippen LogP contribution in [0.4, 0.5) is 11.6 Å². The van der Waals surface area contributed by atoms with E-state index in [0.29, 0.717) is 17.6 Å². The van der Waals surface area contributed by atoms with Crippen LogP contribution in [0.2, 0.25) is 0 Å². The van der Waals surface area contributed by atoms with Crippen LogP contribution in [-0.2, 0) is 5.41 Å². The van der Waals surface area contributed by atoms with Gasteiger partial charge in [-0.15, -0.1) is 11.3 Å². The zero-order valence-electron chi connectivity index (χ0n) is 30.8. The monoisotopic (exact) mass is 746 g/mol. The Morgan fingerprint density at radius 2 is 1.16 bits per heavy atom. The number of hydrogen-bond acceptors (Lipinski definition) is 5. The first-order valence-corrected chi connectivity index (χ1v) is 20.3. The maximum atomic E-state index is 5.44. The van der Waals surface area contributed by atoms with Crippen molar-refractivity contribution in [3.05, 3.63) is 222 Å². The number of rotatable bonds is 5. The van der Waals surface area contributed by atoms with Crippen molar-refractivity contribution in [2.75, 3.05) is 4.90 Å². The highest BCUT2D eigenvalue weighted by atomic mass is 32.1. The maximum absolute atomic E-state index is 5.44. The summed E-state index contributed by atoms with van der Waals surface area (Å²) in [5.74, 6) is 2.09. The van der Waals surface area contributed by atoms with Crippen LogP contribution >= 0.6 is 11.3 Å². The van der Waals surface area contributed by atoms with Gasteiger partial charge in [-0.3, -0.25) is 0 Å². The molecule has 2 aromatic heterocycles. The molecule has 2 aliphatic carbocycles. The zero-order chi connectivity index (χ0) is 37.5. The lowest BCUT2D eigenvalue weighted by Gasteiger charge is -2.34. The van der Waals surface area contributed by atoms with Crippen molar-refractivity contribution in [3.63, 3.8) is 0 Å². The number of anilines is 2. The summed E-state index contributed by atoms with van der Waals surface area (Å²) in [5, 5.41) is 2.47. The van der Waals surface area contributed by atoms with E-state index in [1.165, 1.54) is 59.1 Å². The average molecular weight is 747 g/mol. The van der Waals surface area contributed by atoms with Gasteiger partial charge in [-0.1, -0.05) is 176 Å². The van der Waals surface area contributed by atoms with Crippen LogP contribution < -0.4 is 4.90 Å². The SMILES string of the molecule is C1=CC2c3cc4c(cc3N(c3nc(-c5ccccc5)nc(-c5cccc6c5sc5ccccc56)n3)C2C=C1)-c1ccccc1C4(c1ccccc1)c1ccccc1. The average Bonchev–Trinajstić information content (AvgIpc) is 3.92. The molecule has 0 spiro atoms. The number of hydrogen-bond donors (Lipinski definition) is 0. The second-order valence-electron chi connectivity index (χ2n) is 15.1. The van der Waals surface area contributed by atoms with Crippen molar-refractivity contribution < 1.29 is 0 Å². The summed E-state index contributed by atoms with van der Waals surface area (Å²) in [5.41, 5.74) is 11.5. The van der Waals surface area contributed by atoms with Gasteiger partial charge in [-0.25, -0.2) is 4.98 Å². The summed E-state index contributed by atoms with van der Waals surface area (Å²) in [6.07, 6.45) is 9.01. The van der Waals surface area contributed by atoms with Gasteiger partial charge < -0.3 is 4.90 Å². The molecule has 12 rings (SSSR count). The molecule has 0 saturated heterocycles. The zero-order valence-corrected chi connectivity index (χ0v) is 31.6. The molecule has 3 heterocycles. The molecule has 0 fully saturated rings. The third-order valence-corrected chi connectivity index (χ3v) is 13.4. The normalized spacial score (nSPS) is 17.1. The van der Waals surface area contributed by atoms with Crippen molar-refractivity contribution in [1.29, 1.82) is 0 Å². The fraction of sp³-hybridized carbons (Fsp3) is 0.0577. The lowest BCUT2D eigenvalue weighted by Crippen LogP contribution is -2.30. The van der Waals surface area contributed by atoms with Crippen LogP contribution in [0.15, 0.2) is 194 Å². The van der Waals surface area contributed by atoms with E-state index >= 15 is 0 Å². The van der Waals surface area contributed by atoms with Gasteiger partial charge in [0.25, 0.3) is 0 Å². The molecule has 9 aromatic rings. The number of benzene rings is 7. The fourth-order valence-corrected chi connectivity index (χ4v) is 10.9. The van der Waals surface area contributed by atoms with E-state index in [-0.39, 0.29) is 12.0 Å². The first kappa shape index (κ1) is 32.3. The van der Waals surface area contributed by atoms with Crippen LogP contribution in [0.5, 0.6) is 0 Å². The van der Waals surface area contributed by atoms with Crippen LogP contribution in [0.1, 0.15) is 33.7 Å². The largest absolute Gasteiger partial charge is 0.302 e. The van der Waals surface area contributed by atoms with E-state index in [9.17, 15) is 0 Å². The quantitative estimate of drug-likeness (QED) is 0.176. The molecule has 5 heteroatoms. The van der Waals surface area contributed by atoms with Gasteiger partial charge in [0, 0.05) is 42.9 Å². The van der Waals surface area contributed by atoms with Crippen LogP contribution in [-0.4, -0.2) is 21.0 Å². The maximum Gasteiger partial charge on any atom is 0.234 e. The van der Waals surface area contributed by atoms with Crippen molar-refractivity contribution in [2.45, 2.75) is 17.4 Å². The Hall–Kier alpha value is -6.95. The molecule has 268 valence electrons. The minimum Gasteiger partial charge on any atom is -0.302 e. The van der Waals surface area contributed by atoms with E-state index in [1.54, 1.807) is 11.3 Å². The van der Waals surface area contributed by atoms with E-state index in [2.05, 4.69) is 181 Å². The number of thiophene rings is 1. The molecule has 0 saturated carbocycles. The minimum atomic E-state index is -0.482. The molecular formula is C52H34N4S. The van der Waals surface area contributed by atoms with Gasteiger partial charge in [0.05, 0.1) is 11.5 Å². The second-order valence-corrected chi connectivity index (χ2v) is 16.1. The first-order chi connectivity index (χ1) is 28.3. The van der Waals surface area contributed by atoms with Crippen molar-refractivity contribution in [1.82, 2.24) is 15.0 Å². The van der Waals surface area contributed by atoms with E-state index < -0.39 is 5.41 Å². The van der Waals surface area contributed by atoms with E-state index in [1.807, 2.05) is 18.2 Å². The molecule has 4 nitrogen and oxygen atoms in total. The van der Waals surface area contributed by atoms with Gasteiger partial charge in [0.2, 0.25) is 5.95 Å². The molecule has 7 aromatic carbocycles. The molecule has 0 radical (unpaired) electrons. The topological polar surface area (TPSA) is 41.9 Å². The van der Waals surface area contributed by atoms with Crippen LogP contribution in [0.25, 0.3) is 54.1 Å². The molecule has 1 aliphatic heterocycles. The number of fused-ring (bicyclic) bond motifs is 9. The molecule has 0 N–H and O–H groups in total. The molecule has 0 bridgehead atoms. The van der Waals surface area contributed by atoms with Crippen molar-refractivity contribution >= 4 is 43.1 Å². The van der Waals surface area contributed by atoms with E-state index in [0.717, 1.165) is 16.8 Å². The first-order valence-electron chi connectivity index (χ1n) is 19.5. The summed E-state index contributed by atoms with van der Waals surface area (Å²) in [6.45, 7) is 0. The number of nitrogens with zero attached hydrogens (tertiary/aromatic N) is 4. The number of allylic oxidation sites excluding steroid dienone is 2. The second kappa shape index (κ2) is 12.5. The smallest absolute Gasteiger partial charge is 0.234 e. The summed E-state index contributed by atoms with van der Waals surface area (Å²) < 4.78 is 2.44. The highest BCUT2D eigenvalue weighted by Gasteiger charge is 2.49. The Morgan fingerprint density at radius 1 is 0.509 bits per heavy atom. The summed E-state index contributed by atoms with van der Waals surface area (Å²) >= 11 is 1.80. The predicted molar refractivity (Wildman–Crippen MR) is 234 cm³/mol. The fourth-order valence-electron chi connectivity index (χ4n) is 9.73. The molecular weight excluding hydrogens is 713 g/mol. The summed E-state index contributed by atoms with van der Waals surface area (Å²) in [7, 11) is 0. The third-order valence-electron chi connectivity index (χ3n) is 12.1. The Kier molecular flexibility index (Phi) is 7.10. The third kappa shape index (κ3) is 4.70. The predicted octanol–water partition coefficient (Wildman–Crippen LogP) is 12.7. The van der Waals surface area contributed by atoms with Gasteiger partial charge in [-0.2, -0.15) is 9.97 Å². The molecule has 2 unspecified atom stereocenters. The highest BCUT2D eigenvalue weighted by molar-refractivity contribution is 7.26. The van der Waals surface area contributed by atoms with Crippen LogP contribution in [0, 0.1) is 0 Å². The molecule has 57 heavy (non-hydrogen) atoms. The summed E-state index contributed by atoms with van der Waals surface area (Å²) in [6, 6.07) is 61.4. The van der Waals surface area contributed by atoms with Crippen LogP contribution in [0.3, 0.4) is 0 Å². The lowest BCUT2D eigenvalue weighted by molar-refractivity contribution is 0.725. The Bertz CT molecular complexity index is 3060.